The molecule has 0 aromatic carbocycles. The number of nitrogens with zero attached hydrogens (tertiary/aromatic N) is 2. The molecule has 23 heavy (non-hydrogen) atoms. The Morgan fingerprint density at radius 3 is 2.39 bits per heavy atom. The Hall–Kier alpha value is -1.85. The molecule has 0 saturated heterocycles. The second kappa shape index (κ2) is 5.98. The third-order valence-electron chi connectivity index (χ3n) is 3.87. The van der Waals surface area contributed by atoms with Gasteiger partial charge in [-0.3, -0.25) is 14.3 Å². The number of carbonyl (C=O) groups is 2. The Balaban J connectivity index is 2.18. The minimum absolute atomic E-state index is 0.116. The number of nitrogens with one attached hydrogen (secondary N) is 1. The van der Waals surface area contributed by atoms with Crippen molar-refractivity contribution in [2.45, 2.75) is 70.9 Å². The number of methoxy groups -OCH3 is 1. The lowest BCUT2D eigenvalue weighted by Crippen LogP contribution is -2.45. The van der Waals surface area contributed by atoms with Crippen LogP contribution in [0.3, 0.4) is 0 Å². The summed E-state index contributed by atoms with van der Waals surface area (Å²) in [6.45, 7) is 9.83. The standard InChI is InChI=1S/C17H27N3O3/c1-16(2,3)20-13(11-7-8-11)9-12(19-20)15(22)18-17(4,5)10-14(21)23-6/h9,11H,7-8,10H2,1-6H3,(H,18,22). The van der Waals surface area contributed by atoms with Crippen LogP contribution < -0.4 is 5.32 Å². The van der Waals surface area contributed by atoms with E-state index in [2.05, 4.69) is 35.9 Å². The molecule has 6 heteroatoms. The molecule has 1 aromatic rings. The molecule has 6 nitrogen and oxygen atoms in total. The van der Waals surface area contributed by atoms with E-state index in [-0.39, 0.29) is 23.8 Å². The largest absolute Gasteiger partial charge is 0.469 e. The van der Waals surface area contributed by atoms with Gasteiger partial charge in [0, 0.05) is 17.2 Å². The molecule has 0 radical (unpaired) electrons. The summed E-state index contributed by atoms with van der Waals surface area (Å²) in [6.07, 6.45) is 2.41. The lowest BCUT2D eigenvalue weighted by Gasteiger charge is -2.24. The fourth-order valence-corrected chi connectivity index (χ4v) is 2.56. The Morgan fingerprint density at radius 1 is 1.30 bits per heavy atom. The van der Waals surface area contributed by atoms with Crippen LogP contribution in [0.4, 0.5) is 0 Å². The SMILES string of the molecule is COC(=O)CC(C)(C)NC(=O)c1cc(C2CC2)n(C(C)(C)C)n1. The van der Waals surface area contributed by atoms with Crippen molar-refractivity contribution in [1.29, 1.82) is 0 Å². The van der Waals surface area contributed by atoms with E-state index in [1.54, 1.807) is 13.8 Å². The van der Waals surface area contributed by atoms with Gasteiger partial charge in [0.05, 0.1) is 19.1 Å². The molecule has 1 aromatic heterocycles. The monoisotopic (exact) mass is 321 g/mol. The third-order valence-corrected chi connectivity index (χ3v) is 3.87. The van der Waals surface area contributed by atoms with Gasteiger partial charge >= 0.3 is 5.97 Å². The van der Waals surface area contributed by atoms with Gasteiger partial charge in [0.15, 0.2) is 0 Å². The Bertz CT molecular complexity index is 607. The van der Waals surface area contributed by atoms with Crippen molar-refractivity contribution in [2.24, 2.45) is 0 Å². The van der Waals surface area contributed by atoms with Crippen molar-refractivity contribution in [3.63, 3.8) is 0 Å². The number of amides is 1. The Morgan fingerprint density at radius 2 is 1.91 bits per heavy atom. The maximum atomic E-state index is 12.5. The number of aromatic nitrogens is 2. The average molecular weight is 321 g/mol. The van der Waals surface area contributed by atoms with Crippen LogP contribution in [0.5, 0.6) is 0 Å². The van der Waals surface area contributed by atoms with Crippen LogP contribution >= 0.6 is 0 Å². The van der Waals surface area contributed by atoms with E-state index in [1.807, 2.05) is 10.7 Å². The van der Waals surface area contributed by atoms with Gasteiger partial charge in [-0.15, -0.1) is 0 Å². The van der Waals surface area contributed by atoms with Crippen molar-refractivity contribution in [3.05, 3.63) is 17.5 Å². The lowest BCUT2D eigenvalue weighted by atomic mass is 10.0. The molecule has 1 fully saturated rings. The van der Waals surface area contributed by atoms with Crippen molar-refractivity contribution in [1.82, 2.24) is 15.1 Å². The predicted octanol–water partition coefficient (Wildman–Crippen LogP) is 2.59. The van der Waals surface area contributed by atoms with Gasteiger partial charge in [-0.1, -0.05) is 0 Å². The molecule has 1 heterocycles. The van der Waals surface area contributed by atoms with Gasteiger partial charge in [-0.05, 0) is 53.5 Å². The third kappa shape index (κ3) is 4.33. The van der Waals surface area contributed by atoms with Gasteiger partial charge in [0.25, 0.3) is 5.91 Å². The van der Waals surface area contributed by atoms with E-state index in [1.165, 1.54) is 7.11 Å². The summed E-state index contributed by atoms with van der Waals surface area (Å²) in [4.78, 5) is 24.0. The number of rotatable bonds is 5. The number of hydrogen-bond donors (Lipinski definition) is 1. The van der Waals surface area contributed by atoms with Gasteiger partial charge in [-0.2, -0.15) is 5.10 Å². The van der Waals surface area contributed by atoms with Gasteiger partial charge in [-0.25, -0.2) is 0 Å². The van der Waals surface area contributed by atoms with E-state index >= 15 is 0 Å². The second-order valence-electron chi connectivity index (χ2n) is 7.90. The number of hydrogen-bond acceptors (Lipinski definition) is 4. The van der Waals surface area contributed by atoms with Crippen LogP contribution in [0.25, 0.3) is 0 Å². The normalized spacial score (nSPS) is 15.4. The first kappa shape index (κ1) is 17.5. The fraction of sp³-hybridized carbons (Fsp3) is 0.706. The maximum absolute atomic E-state index is 12.5. The van der Waals surface area contributed by atoms with Gasteiger partial charge in [0.1, 0.15) is 5.69 Å². The van der Waals surface area contributed by atoms with Crippen molar-refractivity contribution in [3.8, 4) is 0 Å². The summed E-state index contributed by atoms with van der Waals surface area (Å²) in [7, 11) is 1.34. The molecule has 1 amide bonds. The van der Waals surface area contributed by atoms with Crippen LogP contribution in [0.15, 0.2) is 6.07 Å². The zero-order valence-electron chi connectivity index (χ0n) is 14.9. The first-order chi connectivity index (χ1) is 10.5. The maximum Gasteiger partial charge on any atom is 0.307 e. The zero-order valence-corrected chi connectivity index (χ0v) is 14.9. The highest BCUT2D eigenvalue weighted by Gasteiger charge is 2.33. The summed E-state index contributed by atoms with van der Waals surface area (Å²) in [5.74, 6) is -0.107. The highest BCUT2D eigenvalue weighted by atomic mass is 16.5. The molecule has 0 aliphatic heterocycles. The smallest absolute Gasteiger partial charge is 0.307 e. The van der Waals surface area contributed by atoms with Gasteiger partial charge < -0.3 is 10.1 Å². The van der Waals surface area contributed by atoms with Crippen LogP contribution in [-0.4, -0.2) is 34.3 Å². The van der Waals surface area contributed by atoms with Crippen LogP contribution in [-0.2, 0) is 15.1 Å². The minimum Gasteiger partial charge on any atom is -0.469 e. The summed E-state index contributed by atoms with van der Waals surface area (Å²) in [6, 6.07) is 1.88. The van der Waals surface area contributed by atoms with E-state index < -0.39 is 5.54 Å². The number of esters is 1. The van der Waals surface area contributed by atoms with Crippen molar-refractivity contribution < 1.29 is 14.3 Å². The van der Waals surface area contributed by atoms with E-state index in [0.717, 1.165) is 18.5 Å². The highest BCUT2D eigenvalue weighted by Crippen LogP contribution is 2.41. The molecule has 1 N–H and O–H groups in total. The molecule has 1 aliphatic carbocycles. The zero-order chi connectivity index (χ0) is 17.4. The summed E-state index contributed by atoms with van der Waals surface area (Å²) >= 11 is 0. The Labute approximate surface area is 137 Å². The van der Waals surface area contributed by atoms with E-state index in [4.69, 9.17) is 0 Å². The number of ether oxygens (including phenoxy) is 1. The molecule has 128 valence electrons. The predicted molar refractivity (Wildman–Crippen MR) is 87.4 cm³/mol. The molecular weight excluding hydrogens is 294 g/mol. The first-order valence-corrected chi connectivity index (χ1v) is 8.03. The molecule has 2 rings (SSSR count). The highest BCUT2D eigenvalue weighted by molar-refractivity contribution is 5.93. The summed E-state index contributed by atoms with van der Waals surface area (Å²) in [5, 5.41) is 7.39. The fourth-order valence-electron chi connectivity index (χ4n) is 2.56. The van der Waals surface area contributed by atoms with Gasteiger partial charge in [0.2, 0.25) is 0 Å². The average Bonchev–Trinajstić information content (AvgIpc) is 3.14. The van der Waals surface area contributed by atoms with Crippen molar-refractivity contribution >= 4 is 11.9 Å². The molecule has 1 saturated carbocycles. The van der Waals surface area contributed by atoms with Crippen LogP contribution in [0, 0.1) is 0 Å². The second-order valence-corrected chi connectivity index (χ2v) is 7.90. The van der Waals surface area contributed by atoms with Crippen molar-refractivity contribution in [2.75, 3.05) is 7.11 Å². The first-order valence-electron chi connectivity index (χ1n) is 8.03. The van der Waals surface area contributed by atoms with E-state index in [9.17, 15) is 9.59 Å². The molecule has 0 atom stereocenters. The lowest BCUT2D eigenvalue weighted by molar-refractivity contribution is -0.141. The Kier molecular flexibility index (Phi) is 4.55. The topological polar surface area (TPSA) is 73.2 Å². The van der Waals surface area contributed by atoms with Crippen LogP contribution in [0.2, 0.25) is 0 Å². The number of carbonyl (C=O) groups excluding carboxylic acids is 2. The summed E-state index contributed by atoms with van der Waals surface area (Å²) < 4.78 is 6.62. The quantitative estimate of drug-likeness (QED) is 0.846. The van der Waals surface area contributed by atoms with E-state index in [0.29, 0.717) is 11.6 Å². The minimum atomic E-state index is -0.685. The van der Waals surface area contributed by atoms with Crippen LogP contribution in [0.1, 0.15) is 76.0 Å². The molecular formula is C17H27N3O3. The molecule has 0 unspecified atom stereocenters. The molecule has 0 bridgehead atoms. The molecule has 1 aliphatic rings. The summed E-state index contributed by atoms with van der Waals surface area (Å²) in [5.41, 5.74) is 0.668. The molecule has 0 spiro atoms.